The van der Waals surface area contributed by atoms with E-state index in [9.17, 15) is 9.59 Å². The maximum absolute atomic E-state index is 10.5. The lowest BCUT2D eigenvalue weighted by molar-refractivity contribution is -0.148. The number of hydroxylamine groups is 2. The second-order valence-corrected chi connectivity index (χ2v) is 3.28. The zero-order valence-electron chi connectivity index (χ0n) is 9.20. The van der Waals surface area contributed by atoms with E-state index in [4.69, 9.17) is 0 Å². The Bertz CT molecular complexity index is 313. The molecule has 0 spiro atoms. The van der Waals surface area contributed by atoms with Crippen molar-refractivity contribution in [2.45, 2.75) is 26.7 Å². The van der Waals surface area contributed by atoms with Crippen LogP contribution < -0.4 is 11.0 Å². The molecule has 0 saturated carbocycles. The van der Waals surface area contributed by atoms with E-state index in [1.165, 1.54) is 13.8 Å². The Morgan fingerprint density at radius 2 is 1.38 bits per heavy atom. The highest BCUT2D eigenvalue weighted by atomic mass is 16.7. The van der Waals surface area contributed by atoms with Gasteiger partial charge >= 0.3 is 11.9 Å². The molecule has 6 nitrogen and oxygen atoms in total. The van der Waals surface area contributed by atoms with Crippen molar-refractivity contribution in [3.05, 3.63) is 23.5 Å². The Morgan fingerprint density at radius 1 is 1.00 bits per heavy atom. The Labute approximate surface area is 93.2 Å². The summed E-state index contributed by atoms with van der Waals surface area (Å²) in [7, 11) is 0. The van der Waals surface area contributed by atoms with E-state index in [1.54, 1.807) is 12.2 Å². The fraction of sp³-hybridized carbons (Fsp3) is 0.400. The topological polar surface area (TPSA) is 76.7 Å². The highest BCUT2D eigenvalue weighted by Crippen LogP contribution is 2.14. The minimum atomic E-state index is -0.395. The summed E-state index contributed by atoms with van der Waals surface area (Å²) in [6.07, 6.45) is 4.84. The molecule has 16 heavy (non-hydrogen) atoms. The van der Waals surface area contributed by atoms with E-state index in [0.29, 0.717) is 12.8 Å². The summed E-state index contributed by atoms with van der Waals surface area (Å²) >= 11 is 0. The lowest BCUT2D eigenvalue weighted by Crippen LogP contribution is -2.22. The molecule has 0 aromatic heterocycles. The number of carbonyl (C=O) groups excluding carboxylic acids is 2. The summed E-state index contributed by atoms with van der Waals surface area (Å²) in [4.78, 5) is 30.3. The van der Waals surface area contributed by atoms with Gasteiger partial charge in [-0.1, -0.05) is 0 Å². The highest BCUT2D eigenvalue weighted by Gasteiger charge is 2.07. The zero-order valence-corrected chi connectivity index (χ0v) is 9.20. The molecule has 2 N–H and O–H groups in total. The maximum Gasteiger partial charge on any atom is 0.329 e. The molecule has 0 radical (unpaired) electrons. The summed E-state index contributed by atoms with van der Waals surface area (Å²) in [6.45, 7) is 2.64. The molecule has 0 aliphatic heterocycles. The normalized spacial score (nSPS) is 14.4. The summed E-state index contributed by atoms with van der Waals surface area (Å²) in [6, 6.07) is 0. The van der Waals surface area contributed by atoms with Gasteiger partial charge in [-0.2, -0.15) is 0 Å². The number of hydrogen-bond donors (Lipinski definition) is 2. The van der Waals surface area contributed by atoms with Crippen molar-refractivity contribution in [3.8, 4) is 0 Å². The van der Waals surface area contributed by atoms with Gasteiger partial charge in [-0.05, 0) is 25.0 Å². The first-order chi connectivity index (χ1) is 7.58. The quantitative estimate of drug-likeness (QED) is 0.686. The zero-order chi connectivity index (χ0) is 12.0. The van der Waals surface area contributed by atoms with Crippen molar-refractivity contribution in [3.63, 3.8) is 0 Å². The van der Waals surface area contributed by atoms with Gasteiger partial charge in [0.05, 0.1) is 0 Å². The first-order valence-electron chi connectivity index (χ1n) is 4.84. The van der Waals surface area contributed by atoms with Gasteiger partial charge in [0.1, 0.15) is 0 Å². The molecule has 0 bridgehead atoms. The van der Waals surface area contributed by atoms with Gasteiger partial charge < -0.3 is 9.68 Å². The third kappa shape index (κ3) is 4.50. The standard InChI is InChI=1S/C10H14N2O4/c1-7(13)15-11-9-3-5-10(6-4-9)12-16-8(2)14/h3,5,11-12H,4,6H2,1-2H3. The minimum Gasteiger partial charge on any atom is -0.344 e. The van der Waals surface area contributed by atoms with Crippen LogP contribution in [0.25, 0.3) is 0 Å². The van der Waals surface area contributed by atoms with Gasteiger partial charge in [-0.25, -0.2) is 11.0 Å². The van der Waals surface area contributed by atoms with E-state index in [0.717, 1.165) is 11.4 Å². The van der Waals surface area contributed by atoms with E-state index in [-0.39, 0.29) is 0 Å². The summed E-state index contributed by atoms with van der Waals surface area (Å²) in [5.41, 5.74) is 6.67. The summed E-state index contributed by atoms with van der Waals surface area (Å²) in [5, 5.41) is 0. The van der Waals surface area contributed by atoms with Crippen LogP contribution in [0.3, 0.4) is 0 Å². The number of nitrogens with one attached hydrogen (secondary N) is 2. The molecule has 0 unspecified atom stereocenters. The van der Waals surface area contributed by atoms with Crippen LogP contribution in [-0.2, 0) is 19.3 Å². The molecule has 1 aliphatic carbocycles. The maximum atomic E-state index is 10.5. The summed E-state index contributed by atoms with van der Waals surface area (Å²) < 4.78 is 0. The van der Waals surface area contributed by atoms with Crippen molar-refractivity contribution in [1.82, 2.24) is 11.0 Å². The SMILES string of the molecule is CC(=O)ONC1=CC=C(NOC(C)=O)CC1. The van der Waals surface area contributed by atoms with Crippen LogP contribution in [0.5, 0.6) is 0 Å². The third-order valence-corrected chi connectivity index (χ3v) is 1.80. The predicted octanol–water partition coefficient (Wildman–Crippen LogP) is 0.683. The van der Waals surface area contributed by atoms with E-state index >= 15 is 0 Å². The average Bonchev–Trinajstić information content (AvgIpc) is 2.25. The van der Waals surface area contributed by atoms with Crippen LogP contribution in [0.2, 0.25) is 0 Å². The fourth-order valence-electron chi connectivity index (χ4n) is 1.08. The number of allylic oxidation sites excluding steroid dienone is 4. The smallest absolute Gasteiger partial charge is 0.329 e. The Balaban J connectivity index is 2.38. The Kier molecular flexibility index (Phi) is 4.38. The molecule has 0 heterocycles. The van der Waals surface area contributed by atoms with E-state index < -0.39 is 11.9 Å². The van der Waals surface area contributed by atoms with Crippen molar-refractivity contribution in [1.29, 1.82) is 0 Å². The van der Waals surface area contributed by atoms with E-state index in [1.807, 2.05) is 0 Å². The molecule has 0 saturated heterocycles. The molecule has 0 atom stereocenters. The van der Waals surface area contributed by atoms with Gasteiger partial charge in [0, 0.05) is 25.2 Å². The predicted molar refractivity (Wildman–Crippen MR) is 55.2 cm³/mol. The first-order valence-corrected chi connectivity index (χ1v) is 4.84. The highest BCUT2D eigenvalue weighted by molar-refractivity contribution is 5.66. The Hall–Kier alpha value is -1.98. The molecule has 1 rings (SSSR count). The van der Waals surface area contributed by atoms with Gasteiger partial charge in [0.2, 0.25) is 0 Å². The monoisotopic (exact) mass is 226 g/mol. The van der Waals surface area contributed by atoms with Crippen LogP contribution in [0.4, 0.5) is 0 Å². The average molecular weight is 226 g/mol. The van der Waals surface area contributed by atoms with Crippen molar-refractivity contribution in [2.75, 3.05) is 0 Å². The van der Waals surface area contributed by atoms with Gasteiger partial charge in [-0.15, -0.1) is 0 Å². The molecule has 0 aromatic carbocycles. The minimum absolute atomic E-state index is 0.395. The number of hydrogen-bond acceptors (Lipinski definition) is 6. The van der Waals surface area contributed by atoms with Crippen LogP contribution >= 0.6 is 0 Å². The summed E-state index contributed by atoms with van der Waals surface area (Å²) in [5.74, 6) is -0.789. The van der Waals surface area contributed by atoms with Crippen LogP contribution in [0.1, 0.15) is 26.7 Å². The molecule has 0 amide bonds. The molecular weight excluding hydrogens is 212 g/mol. The third-order valence-electron chi connectivity index (χ3n) is 1.80. The largest absolute Gasteiger partial charge is 0.344 e. The molecule has 0 aromatic rings. The fourth-order valence-corrected chi connectivity index (χ4v) is 1.08. The molecule has 6 heteroatoms. The first kappa shape index (κ1) is 12.1. The number of carbonyl (C=O) groups is 2. The van der Waals surface area contributed by atoms with Crippen LogP contribution in [0.15, 0.2) is 23.5 Å². The van der Waals surface area contributed by atoms with Gasteiger partial charge in [-0.3, -0.25) is 9.59 Å². The van der Waals surface area contributed by atoms with Gasteiger partial charge in [0.15, 0.2) is 0 Å². The van der Waals surface area contributed by atoms with Crippen LogP contribution in [-0.4, -0.2) is 11.9 Å². The lowest BCUT2D eigenvalue weighted by atomic mass is 10.1. The van der Waals surface area contributed by atoms with Crippen LogP contribution in [0, 0.1) is 0 Å². The lowest BCUT2D eigenvalue weighted by Gasteiger charge is -2.15. The second kappa shape index (κ2) is 5.79. The van der Waals surface area contributed by atoms with Gasteiger partial charge in [0.25, 0.3) is 0 Å². The Morgan fingerprint density at radius 3 is 1.62 bits per heavy atom. The molecule has 88 valence electrons. The van der Waals surface area contributed by atoms with E-state index in [2.05, 4.69) is 20.6 Å². The van der Waals surface area contributed by atoms with Crippen molar-refractivity contribution < 1.29 is 19.3 Å². The second-order valence-electron chi connectivity index (χ2n) is 3.28. The molecular formula is C10H14N2O4. The van der Waals surface area contributed by atoms with Crippen molar-refractivity contribution >= 4 is 11.9 Å². The number of rotatable bonds is 4. The molecule has 1 aliphatic rings. The van der Waals surface area contributed by atoms with Crippen molar-refractivity contribution in [2.24, 2.45) is 0 Å². The molecule has 0 fully saturated rings.